The second kappa shape index (κ2) is 7.17. The van der Waals surface area contributed by atoms with Gasteiger partial charge in [0.05, 0.1) is 17.6 Å². The highest BCUT2D eigenvalue weighted by molar-refractivity contribution is 6.30. The van der Waals surface area contributed by atoms with Crippen molar-refractivity contribution in [2.45, 2.75) is 31.8 Å². The number of aromatic nitrogens is 3. The molecule has 6 heteroatoms. The molecule has 1 saturated heterocycles. The minimum Gasteiger partial charge on any atom is -0.302 e. The SMILES string of the molecule is CN1CCC[C@@H]1Cn1nc(Cc2ccc(Cl)cc2)c2ccncc2c1=O. The van der Waals surface area contributed by atoms with E-state index in [2.05, 4.69) is 16.9 Å². The molecule has 0 amide bonds. The Labute approximate surface area is 157 Å². The van der Waals surface area contributed by atoms with Crippen LogP contribution in [0.3, 0.4) is 0 Å². The molecule has 4 rings (SSSR count). The molecule has 5 nitrogen and oxygen atoms in total. The Morgan fingerprint density at radius 3 is 2.73 bits per heavy atom. The topological polar surface area (TPSA) is 51.0 Å². The van der Waals surface area contributed by atoms with E-state index >= 15 is 0 Å². The van der Waals surface area contributed by atoms with Gasteiger partial charge in [-0.05, 0) is 50.2 Å². The van der Waals surface area contributed by atoms with E-state index < -0.39 is 0 Å². The van der Waals surface area contributed by atoms with Crippen molar-refractivity contribution in [1.82, 2.24) is 19.7 Å². The highest BCUT2D eigenvalue weighted by Gasteiger charge is 2.23. The minimum atomic E-state index is -0.0618. The summed E-state index contributed by atoms with van der Waals surface area (Å²) in [5.41, 5.74) is 1.95. The van der Waals surface area contributed by atoms with Crippen LogP contribution in [0, 0.1) is 0 Å². The fraction of sp³-hybridized carbons (Fsp3) is 0.350. The molecule has 0 radical (unpaired) electrons. The van der Waals surface area contributed by atoms with Crippen molar-refractivity contribution in [1.29, 1.82) is 0 Å². The number of benzene rings is 1. The molecular formula is C20H21ClN4O. The molecule has 134 valence electrons. The highest BCUT2D eigenvalue weighted by Crippen LogP contribution is 2.19. The maximum atomic E-state index is 12.9. The van der Waals surface area contributed by atoms with Crippen molar-refractivity contribution in [3.63, 3.8) is 0 Å². The van der Waals surface area contributed by atoms with Gasteiger partial charge in [-0.25, -0.2) is 4.68 Å². The smallest absolute Gasteiger partial charge is 0.276 e. The lowest BCUT2D eigenvalue weighted by Gasteiger charge is -2.20. The average molecular weight is 369 g/mol. The lowest BCUT2D eigenvalue weighted by Crippen LogP contribution is -2.35. The van der Waals surface area contributed by atoms with Crippen LogP contribution < -0.4 is 5.56 Å². The molecule has 26 heavy (non-hydrogen) atoms. The normalized spacial score (nSPS) is 17.8. The monoisotopic (exact) mass is 368 g/mol. The summed E-state index contributed by atoms with van der Waals surface area (Å²) in [6.45, 7) is 1.69. The van der Waals surface area contributed by atoms with Gasteiger partial charge in [-0.1, -0.05) is 23.7 Å². The molecule has 1 aromatic carbocycles. The van der Waals surface area contributed by atoms with E-state index in [4.69, 9.17) is 16.7 Å². The van der Waals surface area contributed by atoms with Crippen molar-refractivity contribution in [2.24, 2.45) is 0 Å². The molecule has 0 aliphatic carbocycles. The third kappa shape index (κ3) is 3.37. The standard InChI is InChI=1S/C20H21ClN4O/c1-24-10-2-3-16(24)13-25-20(26)18-12-22-9-8-17(18)19(23-25)11-14-4-6-15(21)7-5-14/h4-9,12,16H,2-3,10-11,13H2,1H3/t16-/m1/s1. The Morgan fingerprint density at radius 1 is 1.19 bits per heavy atom. The summed E-state index contributed by atoms with van der Waals surface area (Å²) in [6, 6.07) is 9.99. The van der Waals surface area contributed by atoms with Crippen molar-refractivity contribution in [2.75, 3.05) is 13.6 Å². The van der Waals surface area contributed by atoms with Crippen molar-refractivity contribution >= 4 is 22.4 Å². The van der Waals surface area contributed by atoms with Gasteiger partial charge in [0.25, 0.3) is 5.56 Å². The van der Waals surface area contributed by atoms with Gasteiger partial charge in [0.2, 0.25) is 0 Å². The Morgan fingerprint density at radius 2 is 2.00 bits per heavy atom. The van der Waals surface area contributed by atoms with Crippen LogP contribution in [0.4, 0.5) is 0 Å². The summed E-state index contributed by atoms with van der Waals surface area (Å²) in [5.74, 6) is 0. The fourth-order valence-corrected chi connectivity index (χ4v) is 3.79. The second-order valence-electron chi connectivity index (χ2n) is 6.94. The summed E-state index contributed by atoms with van der Waals surface area (Å²) in [6.07, 6.45) is 6.28. The van der Waals surface area contributed by atoms with E-state index in [1.807, 2.05) is 30.3 Å². The molecule has 3 heterocycles. The van der Waals surface area contributed by atoms with Gasteiger partial charge < -0.3 is 4.90 Å². The average Bonchev–Trinajstić information content (AvgIpc) is 3.05. The molecule has 2 aromatic heterocycles. The first kappa shape index (κ1) is 17.2. The van der Waals surface area contributed by atoms with Crippen molar-refractivity contribution in [3.05, 3.63) is 69.4 Å². The molecule has 1 atom stereocenters. The van der Waals surface area contributed by atoms with E-state index in [1.165, 1.54) is 6.42 Å². The zero-order valence-electron chi connectivity index (χ0n) is 14.7. The summed E-state index contributed by atoms with van der Waals surface area (Å²) in [4.78, 5) is 19.4. The van der Waals surface area contributed by atoms with Crippen LogP contribution in [0.2, 0.25) is 5.02 Å². The van der Waals surface area contributed by atoms with E-state index in [9.17, 15) is 4.79 Å². The fourth-order valence-electron chi connectivity index (χ4n) is 3.66. The Bertz CT molecular complexity index is 983. The number of rotatable bonds is 4. The van der Waals surface area contributed by atoms with Crippen LogP contribution in [0.5, 0.6) is 0 Å². The van der Waals surface area contributed by atoms with Crippen molar-refractivity contribution in [3.8, 4) is 0 Å². The summed E-state index contributed by atoms with van der Waals surface area (Å²) < 4.78 is 1.63. The van der Waals surface area contributed by atoms with Crippen LogP contribution >= 0.6 is 11.6 Å². The molecule has 0 spiro atoms. The molecule has 0 N–H and O–H groups in total. The van der Waals surface area contributed by atoms with Crippen LogP contribution in [0.15, 0.2) is 47.5 Å². The quantitative estimate of drug-likeness (QED) is 0.710. The van der Waals surface area contributed by atoms with E-state index in [-0.39, 0.29) is 5.56 Å². The highest BCUT2D eigenvalue weighted by atomic mass is 35.5. The number of fused-ring (bicyclic) bond motifs is 1. The predicted molar refractivity (Wildman–Crippen MR) is 104 cm³/mol. The summed E-state index contributed by atoms with van der Waals surface area (Å²) in [5, 5.41) is 6.95. The minimum absolute atomic E-state index is 0.0618. The maximum absolute atomic E-state index is 12.9. The third-order valence-corrected chi connectivity index (χ3v) is 5.43. The number of halogens is 1. The third-order valence-electron chi connectivity index (χ3n) is 5.18. The van der Waals surface area contributed by atoms with Gasteiger partial charge in [0.15, 0.2) is 0 Å². The largest absolute Gasteiger partial charge is 0.302 e. The molecule has 0 bridgehead atoms. The Hall–Kier alpha value is -2.24. The zero-order valence-corrected chi connectivity index (χ0v) is 15.5. The molecule has 3 aromatic rings. The first-order chi connectivity index (χ1) is 12.6. The first-order valence-corrected chi connectivity index (χ1v) is 9.28. The Kier molecular flexibility index (Phi) is 4.74. The molecular weight excluding hydrogens is 348 g/mol. The molecule has 1 aliphatic heterocycles. The number of likely N-dealkylation sites (tertiary alicyclic amines) is 1. The number of nitrogens with zero attached hydrogens (tertiary/aromatic N) is 4. The summed E-state index contributed by atoms with van der Waals surface area (Å²) in [7, 11) is 2.11. The number of likely N-dealkylation sites (N-methyl/N-ethyl adjacent to an activating group) is 1. The second-order valence-corrected chi connectivity index (χ2v) is 7.37. The van der Waals surface area contributed by atoms with Gasteiger partial charge in [0.1, 0.15) is 0 Å². The number of hydrogen-bond donors (Lipinski definition) is 0. The van der Waals surface area contributed by atoms with Gasteiger partial charge >= 0.3 is 0 Å². The van der Waals surface area contributed by atoms with Crippen molar-refractivity contribution < 1.29 is 0 Å². The molecule has 0 saturated carbocycles. The molecule has 0 unspecified atom stereocenters. The van der Waals surface area contributed by atoms with Crippen LogP contribution in [0.1, 0.15) is 24.1 Å². The lowest BCUT2D eigenvalue weighted by atomic mass is 10.1. The van der Waals surface area contributed by atoms with E-state index in [0.717, 1.165) is 29.6 Å². The zero-order chi connectivity index (χ0) is 18.1. The maximum Gasteiger partial charge on any atom is 0.276 e. The lowest BCUT2D eigenvalue weighted by molar-refractivity contribution is 0.270. The number of hydrogen-bond acceptors (Lipinski definition) is 4. The first-order valence-electron chi connectivity index (χ1n) is 8.90. The van der Waals surface area contributed by atoms with Crippen LogP contribution in [-0.2, 0) is 13.0 Å². The van der Waals surface area contributed by atoms with Crippen LogP contribution in [-0.4, -0.2) is 39.3 Å². The van der Waals surface area contributed by atoms with Gasteiger partial charge in [-0.2, -0.15) is 5.10 Å². The predicted octanol–water partition coefficient (Wildman–Crippen LogP) is 3.13. The summed E-state index contributed by atoms with van der Waals surface area (Å²) >= 11 is 5.99. The van der Waals surface area contributed by atoms with Gasteiger partial charge in [-0.3, -0.25) is 9.78 Å². The molecule has 1 aliphatic rings. The van der Waals surface area contributed by atoms with Gasteiger partial charge in [0, 0.05) is 35.3 Å². The number of pyridine rings is 1. The van der Waals surface area contributed by atoms with Gasteiger partial charge in [-0.15, -0.1) is 0 Å². The molecule has 1 fully saturated rings. The Balaban J connectivity index is 1.76. The van der Waals surface area contributed by atoms with E-state index in [1.54, 1.807) is 17.1 Å². The van der Waals surface area contributed by atoms with E-state index in [0.29, 0.717) is 29.4 Å². The van der Waals surface area contributed by atoms with Crippen LogP contribution in [0.25, 0.3) is 10.8 Å².